The van der Waals surface area contributed by atoms with Gasteiger partial charge in [-0.1, -0.05) is 39.0 Å². The van der Waals surface area contributed by atoms with E-state index >= 15 is 0 Å². The van der Waals surface area contributed by atoms with Crippen LogP contribution in [0.4, 0.5) is 5.69 Å². The molecule has 1 atom stereocenters. The fourth-order valence-electron chi connectivity index (χ4n) is 4.68. The molecular weight excluding hydrogens is 452 g/mol. The fraction of sp³-hybridized carbons (Fsp3) is 0.414. The van der Waals surface area contributed by atoms with Crippen LogP contribution in [0, 0.1) is 5.92 Å². The number of hydrogen-bond donors (Lipinski definition) is 1. The maximum Gasteiger partial charge on any atom is 0.277 e. The molecule has 0 aliphatic carbocycles. The SMILES string of the molecule is CCOc1ccc(-c2cc3n(n2)C[C@@](C)(C(=O)NCCC(C)C)N(c2ccccc2CC)C3=O)cc1. The third-order valence-corrected chi connectivity index (χ3v) is 6.72. The summed E-state index contributed by atoms with van der Waals surface area (Å²) in [6.45, 7) is 11.5. The summed E-state index contributed by atoms with van der Waals surface area (Å²) in [4.78, 5) is 29.4. The van der Waals surface area contributed by atoms with E-state index in [1.54, 1.807) is 9.58 Å². The number of hydrogen-bond acceptors (Lipinski definition) is 4. The average Bonchev–Trinajstić information content (AvgIpc) is 3.28. The first-order valence-electron chi connectivity index (χ1n) is 12.8. The quantitative estimate of drug-likeness (QED) is 0.455. The van der Waals surface area contributed by atoms with Crippen LogP contribution in [0.5, 0.6) is 5.75 Å². The first-order chi connectivity index (χ1) is 17.3. The first-order valence-corrected chi connectivity index (χ1v) is 12.8. The Labute approximate surface area is 213 Å². The zero-order chi connectivity index (χ0) is 25.9. The molecule has 1 aliphatic heterocycles. The van der Waals surface area contributed by atoms with Crippen LogP contribution >= 0.6 is 0 Å². The molecule has 0 bridgehead atoms. The summed E-state index contributed by atoms with van der Waals surface area (Å²) in [5.41, 5.74) is 2.70. The maximum absolute atomic E-state index is 14.0. The van der Waals surface area contributed by atoms with Crippen LogP contribution in [0.1, 0.15) is 57.1 Å². The summed E-state index contributed by atoms with van der Waals surface area (Å²) in [6, 6.07) is 17.3. The van der Waals surface area contributed by atoms with Gasteiger partial charge in [0, 0.05) is 17.8 Å². The van der Waals surface area contributed by atoms with E-state index < -0.39 is 5.54 Å². The molecule has 1 aliphatic rings. The van der Waals surface area contributed by atoms with E-state index in [4.69, 9.17) is 9.84 Å². The van der Waals surface area contributed by atoms with Gasteiger partial charge in [-0.2, -0.15) is 5.10 Å². The van der Waals surface area contributed by atoms with Crippen LogP contribution in [0.3, 0.4) is 0 Å². The van der Waals surface area contributed by atoms with E-state index in [0.29, 0.717) is 30.5 Å². The van der Waals surface area contributed by atoms with Gasteiger partial charge in [0.1, 0.15) is 17.0 Å². The lowest BCUT2D eigenvalue weighted by molar-refractivity contribution is -0.126. The van der Waals surface area contributed by atoms with Crippen LogP contribution in [0.15, 0.2) is 54.6 Å². The Morgan fingerprint density at radius 3 is 2.53 bits per heavy atom. The number of aromatic nitrogens is 2. The number of aryl methyl sites for hydroxylation is 1. The molecule has 2 heterocycles. The van der Waals surface area contributed by atoms with Gasteiger partial charge in [0.15, 0.2) is 0 Å². The topological polar surface area (TPSA) is 76.5 Å². The molecule has 0 unspecified atom stereocenters. The lowest BCUT2D eigenvalue weighted by atomic mass is 9.92. The van der Waals surface area contributed by atoms with E-state index in [0.717, 1.165) is 35.4 Å². The summed E-state index contributed by atoms with van der Waals surface area (Å²) < 4.78 is 7.23. The predicted molar refractivity (Wildman–Crippen MR) is 142 cm³/mol. The van der Waals surface area contributed by atoms with Crippen molar-refractivity contribution in [2.75, 3.05) is 18.1 Å². The molecule has 190 valence electrons. The number of para-hydroxylation sites is 1. The van der Waals surface area contributed by atoms with Gasteiger partial charge in [-0.25, -0.2) is 0 Å². The lowest BCUT2D eigenvalue weighted by Crippen LogP contribution is -2.64. The van der Waals surface area contributed by atoms with Crippen molar-refractivity contribution in [2.45, 2.75) is 59.5 Å². The van der Waals surface area contributed by atoms with Gasteiger partial charge in [-0.05, 0) is 74.6 Å². The zero-order valence-corrected chi connectivity index (χ0v) is 21.9. The van der Waals surface area contributed by atoms with Gasteiger partial charge < -0.3 is 10.1 Å². The Bertz CT molecular complexity index is 1230. The Kier molecular flexibility index (Phi) is 7.48. The van der Waals surface area contributed by atoms with E-state index in [1.165, 1.54) is 0 Å². The number of nitrogens with zero attached hydrogens (tertiary/aromatic N) is 3. The molecule has 2 amide bonds. The molecule has 0 radical (unpaired) electrons. The van der Waals surface area contributed by atoms with Crippen LogP contribution in [-0.2, 0) is 17.8 Å². The number of carbonyl (C=O) groups is 2. The molecular formula is C29H36N4O3. The standard InChI is InChI=1S/C29H36N4O3/c1-6-21-10-8-9-11-25(21)33-27(34)26-18-24(22-12-14-23(15-13-22)36-7-2)31-32(26)19-29(33,5)28(35)30-17-16-20(3)4/h8-15,18,20H,6-7,16-17,19H2,1-5H3,(H,30,35)/t29-/m0/s1. The average molecular weight is 489 g/mol. The van der Waals surface area contributed by atoms with Crippen molar-refractivity contribution in [1.82, 2.24) is 15.1 Å². The van der Waals surface area contributed by atoms with Crippen LogP contribution in [-0.4, -0.2) is 40.3 Å². The summed E-state index contributed by atoms with van der Waals surface area (Å²) in [7, 11) is 0. The smallest absolute Gasteiger partial charge is 0.277 e. The van der Waals surface area contributed by atoms with Crippen molar-refractivity contribution >= 4 is 17.5 Å². The third-order valence-electron chi connectivity index (χ3n) is 6.72. The minimum Gasteiger partial charge on any atom is -0.494 e. The predicted octanol–water partition coefficient (Wildman–Crippen LogP) is 5.09. The van der Waals surface area contributed by atoms with Crippen molar-refractivity contribution < 1.29 is 14.3 Å². The summed E-state index contributed by atoms with van der Waals surface area (Å²) in [5.74, 6) is 0.853. The monoisotopic (exact) mass is 488 g/mol. The molecule has 0 spiro atoms. The molecule has 1 aromatic heterocycles. The molecule has 7 heteroatoms. The summed E-state index contributed by atoms with van der Waals surface area (Å²) >= 11 is 0. The van der Waals surface area contributed by atoms with E-state index in [2.05, 4.69) is 26.1 Å². The molecule has 4 rings (SSSR count). The van der Waals surface area contributed by atoms with Gasteiger partial charge in [0.05, 0.1) is 18.8 Å². The largest absolute Gasteiger partial charge is 0.494 e. The number of benzene rings is 2. The Hall–Kier alpha value is -3.61. The molecule has 7 nitrogen and oxygen atoms in total. The Morgan fingerprint density at radius 2 is 1.86 bits per heavy atom. The zero-order valence-electron chi connectivity index (χ0n) is 21.9. The third kappa shape index (κ3) is 4.87. The number of fused-ring (bicyclic) bond motifs is 1. The number of ether oxygens (including phenoxy) is 1. The van der Waals surface area contributed by atoms with Crippen molar-refractivity contribution in [3.8, 4) is 17.0 Å². The van der Waals surface area contributed by atoms with E-state index in [9.17, 15) is 9.59 Å². The van der Waals surface area contributed by atoms with Crippen molar-refractivity contribution in [3.63, 3.8) is 0 Å². The number of anilines is 1. The highest BCUT2D eigenvalue weighted by atomic mass is 16.5. The molecule has 2 aromatic carbocycles. The van der Waals surface area contributed by atoms with Crippen LogP contribution in [0.25, 0.3) is 11.3 Å². The van der Waals surface area contributed by atoms with E-state index in [1.807, 2.05) is 68.4 Å². The van der Waals surface area contributed by atoms with Gasteiger partial charge in [-0.15, -0.1) is 0 Å². The first kappa shape index (κ1) is 25.5. The fourth-order valence-corrected chi connectivity index (χ4v) is 4.68. The van der Waals surface area contributed by atoms with Crippen molar-refractivity contribution in [1.29, 1.82) is 0 Å². The van der Waals surface area contributed by atoms with Crippen molar-refractivity contribution in [2.24, 2.45) is 5.92 Å². The highest BCUT2D eigenvalue weighted by Gasteiger charge is 2.49. The Balaban J connectivity index is 1.75. The number of amides is 2. The highest BCUT2D eigenvalue weighted by molar-refractivity contribution is 6.12. The number of nitrogens with one attached hydrogen (secondary N) is 1. The molecule has 1 N–H and O–H groups in total. The number of rotatable bonds is 9. The molecule has 0 saturated heterocycles. The summed E-state index contributed by atoms with van der Waals surface area (Å²) in [6.07, 6.45) is 1.62. The minimum atomic E-state index is -1.13. The lowest BCUT2D eigenvalue weighted by Gasteiger charge is -2.43. The highest BCUT2D eigenvalue weighted by Crippen LogP contribution is 2.36. The van der Waals surface area contributed by atoms with Gasteiger partial charge in [0.2, 0.25) is 5.91 Å². The second kappa shape index (κ2) is 10.6. The molecule has 0 fully saturated rings. The molecule has 3 aromatic rings. The van der Waals surface area contributed by atoms with Crippen LogP contribution < -0.4 is 15.0 Å². The van der Waals surface area contributed by atoms with Gasteiger partial charge >= 0.3 is 0 Å². The van der Waals surface area contributed by atoms with Gasteiger partial charge in [0.25, 0.3) is 5.91 Å². The van der Waals surface area contributed by atoms with Crippen molar-refractivity contribution in [3.05, 3.63) is 65.9 Å². The minimum absolute atomic E-state index is 0.175. The Morgan fingerprint density at radius 1 is 1.14 bits per heavy atom. The normalized spacial score (nSPS) is 17.3. The summed E-state index contributed by atoms with van der Waals surface area (Å²) in [5, 5.41) is 7.83. The van der Waals surface area contributed by atoms with Gasteiger partial charge in [-0.3, -0.25) is 19.2 Å². The second-order valence-corrected chi connectivity index (χ2v) is 9.86. The molecule has 36 heavy (non-hydrogen) atoms. The number of carbonyl (C=O) groups excluding carboxylic acids is 2. The van der Waals surface area contributed by atoms with E-state index in [-0.39, 0.29) is 18.4 Å². The maximum atomic E-state index is 14.0. The molecule has 0 saturated carbocycles. The second-order valence-electron chi connectivity index (χ2n) is 9.86. The van der Waals surface area contributed by atoms with Crippen LogP contribution in [0.2, 0.25) is 0 Å².